The number of carboxylic acids is 1. The minimum absolute atomic E-state index is 0.0246. The van der Waals surface area contributed by atoms with Crippen molar-refractivity contribution < 1.29 is 19.5 Å². The zero-order chi connectivity index (χ0) is 15.5. The van der Waals surface area contributed by atoms with E-state index in [1.807, 2.05) is 19.1 Å². The second-order valence-electron chi connectivity index (χ2n) is 6.11. The molecule has 0 spiro atoms. The van der Waals surface area contributed by atoms with E-state index in [4.69, 9.17) is 0 Å². The zero-order valence-electron chi connectivity index (χ0n) is 12.4. The Morgan fingerprint density at radius 2 is 2.10 bits per heavy atom. The fourth-order valence-corrected chi connectivity index (χ4v) is 3.02. The third kappa shape index (κ3) is 3.71. The molecule has 2 saturated carbocycles. The number of Topliss-reactive ketones (excluding diaryl/α,β-unsaturated/α-hetero) is 1. The van der Waals surface area contributed by atoms with Crippen molar-refractivity contribution in [1.82, 2.24) is 5.32 Å². The summed E-state index contributed by atoms with van der Waals surface area (Å²) in [5, 5.41) is 13.5. The third-order valence-electron chi connectivity index (χ3n) is 4.50. The van der Waals surface area contributed by atoms with E-state index >= 15 is 0 Å². The normalized spacial score (nSPS) is 27.0. The molecule has 0 aromatic heterocycles. The first-order chi connectivity index (χ1) is 9.98. The van der Waals surface area contributed by atoms with Gasteiger partial charge in [0, 0.05) is 18.8 Å². The van der Waals surface area contributed by atoms with Gasteiger partial charge in [0.2, 0.25) is 5.91 Å². The first kappa shape index (κ1) is 15.7. The Balaban J connectivity index is 1.88. The van der Waals surface area contributed by atoms with Crippen molar-refractivity contribution in [3.63, 3.8) is 0 Å². The minimum Gasteiger partial charge on any atom is -0.548 e. The summed E-state index contributed by atoms with van der Waals surface area (Å²) in [7, 11) is 0. The lowest BCUT2D eigenvalue weighted by Crippen LogP contribution is -2.50. The highest BCUT2D eigenvalue weighted by molar-refractivity contribution is 5.89. The molecule has 2 aliphatic rings. The summed E-state index contributed by atoms with van der Waals surface area (Å²) in [4.78, 5) is 34.9. The maximum Gasteiger partial charge on any atom is 0.221 e. The molecule has 0 bridgehead atoms. The quantitative estimate of drug-likeness (QED) is 0.701. The van der Waals surface area contributed by atoms with E-state index < -0.39 is 11.5 Å². The second-order valence-corrected chi connectivity index (χ2v) is 6.11. The number of hydrogen-bond acceptors (Lipinski definition) is 4. The van der Waals surface area contributed by atoms with E-state index in [9.17, 15) is 19.5 Å². The molecule has 5 nitrogen and oxygen atoms in total. The van der Waals surface area contributed by atoms with Crippen LogP contribution in [-0.2, 0) is 14.4 Å². The molecule has 116 valence electrons. The minimum atomic E-state index is -1.21. The molecule has 5 heteroatoms. The van der Waals surface area contributed by atoms with Gasteiger partial charge in [-0.25, -0.2) is 0 Å². The summed E-state index contributed by atoms with van der Waals surface area (Å²) in [6, 6.07) is 0. The number of ketones is 1. The molecule has 1 amide bonds. The highest BCUT2D eigenvalue weighted by Crippen LogP contribution is 2.37. The average molecular weight is 292 g/mol. The molecule has 0 aromatic rings. The topological polar surface area (TPSA) is 86.3 Å². The maximum atomic E-state index is 12.0. The molecule has 0 radical (unpaired) electrons. The van der Waals surface area contributed by atoms with E-state index in [1.54, 1.807) is 0 Å². The van der Waals surface area contributed by atoms with Gasteiger partial charge in [0.15, 0.2) is 0 Å². The lowest BCUT2D eigenvalue weighted by molar-refractivity contribution is -0.310. The van der Waals surface area contributed by atoms with Gasteiger partial charge in [0.05, 0.1) is 11.5 Å². The first-order valence-corrected chi connectivity index (χ1v) is 7.68. The van der Waals surface area contributed by atoms with Crippen LogP contribution in [0.2, 0.25) is 0 Å². The molecule has 1 N–H and O–H groups in total. The number of hydrogen-bond donors (Lipinski definition) is 1. The highest BCUT2D eigenvalue weighted by Gasteiger charge is 2.46. The molecule has 21 heavy (non-hydrogen) atoms. The average Bonchev–Trinajstić information content (AvgIpc) is 3.13. The van der Waals surface area contributed by atoms with Crippen LogP contribution in [0.15, 0.2) is 12.2 Å². The SMILES string of the molecule is CC/C=C\C[C@H]1C(=O)CC[C@@H]1CC(=O)NC1(C(=O)[O-])CC1. The van der Waals surface area contributed by atoms with Gasteiger partial charge in [0.25, 0.3) is 0 Å². The number of allylic oxidation sites excluding steroid dienone is 2. The van der Waals surface area contributed by atoms with Crippen LogP contribution >= 0.6 is 0 Å². The lowest BCUT2D eigenvalue weighted by Gasteiger charge is -2.21. The molecule has 0 aromatic carbocycles. The van der Waals surface area contributed by atoms with Crippen LogP contribution in [0.3, 0.4) is 0 Å². The third-order valence-corrected chi connectivity index (χ3v) is 4.50. The smallest absolute Gasteiger partial charge is 0.221 e. The number of rotatable bonds is 7. The van der Waals surface area contributed by atoms with Gasteiger partial charge in [-0.1, -0.05) is 19.1 Å². The van der Waals surface area contributed by atoms with Crippen molar-refractivity contribution in [1.29, 1.82) is 0 Å². The molecule has 2 fully saturated rings. The molecule has 0 aliphatic heterocycles. The predicted octanol–water partition coefficient (Wildman–Crippen LogP) is 0.727. The summed E-state index contributed by atoms with van der Waals surface area (Å²) < 4.78 is 0. The summed E-state index contributed by atoms with van der Waals surface area (Å²) in [6.07, 6.45) is 7.98. The number of carboxylic acid groups (broad SMARTS) is 1. The number of carbonyl (C=O) groups excluding carboxylic acids is 3. The Labute approximate surface area is 124 Å². The largest absolute Gasteiger partial charge is 0.548 e. The van der Waals surface area contributed by atoms with Crippen molar-refractivity contribution in [3.05, 3.63) is 12.2 Å². The molecule has 2 aliphatic carbocycles. The molecule has 0 heterocycles. The van der Waals surface area contributed by atoms with Gasteiger partial charge < -0.3 is 15.2 Å². The van der Waals surface area contributed by atoms with Crippen LogP contribution in [0, 0.1) is 11.8 Å². The van der Waals surface area contributed by atoms with Crippen molar-refractivity contribution in [3.8, 4) is 0 Å². The van der Waals surface area contributed by atoms with Gasteiger partial charge in [-0.3, -0.25) is 9.59 Å². The van der Waals surface area contributed by atoms with Crippen LogP contribution in [0.25, 0.3) is 0 Å². The molecular formula is C16H22NO4-. The summed E-state index contributed by atoms with van der Waals surface area (Å²) >= 11 is 0. The molecule has 0 unspecified atom stereocenters. The van der Waals surface area contributed by atoms with Crippen molar-refractivity contribution in [2.75, 3.05) is 0 Å². The summed E-state index contributed by atoms with van der Waals surface area (Å²) in [5.74, 6) is -1.34. The van der Waals surface area contributed by atoms with Crippen LogP contribution in [0.1, 0.15) is 51.9 Å². The van der Waals surface area contributed by atoms with Crippen molar-refractivity contribution >= 4 is 17.7 Å². The highest BCUT2D eigenvalue weighted by atomic mass is 16.4. The Bertz CT molecular complexity index is 465. The van der Waals surface area contributed by atoms with E-state index in [0.29, 0.717) is 25.7 Å². The zero-order valence-corrected chi connectivity index (χ0v) is 12.4. The van der Waals surface area contributed by atoms with Crippen molar-refractivity contribution in [2.45, 2.75) is 57.4 Å². The van der Waals surface area contributed by atoms with E-state index in [2.05, 4.69) is 5.32 Å². The molecule has 2 atom stereocenters. The van der Waals surface area contributed by atoms with Gasteiger partial charge in [-0.05, 0) is 38.0 Å². The summed E-state index contributed by atoms with van der Waals surface area (Å²) in [5.41, 5.74) is -1.14. The molecule has 2 rings (SSSR count). The number of nitrogens with one attached hydrogen (secondary N) is 1. The first-order valence-electron chi connectivity index (χ1n) is 7.68. The Morgan fingerprint density at radius 1 is 1.38 bits per heavy atom. The Kier molecular flexibility index (Phi) is 4.80. The fourth-order valence-electron chi connectivity index (χ4n) is 3.02. The lowest BCUT2D eigenvalue weighted by atomic mass is 9.89. The van der Waals surface area contributed by atoms with Crippen LogP contribution in [0.4, 0.5) is 0 Å². The van der Waals surface area contributed by atoms with E-state index in [1.165, 1.54) is 0 Å². The Morgan fingerprint density at radius 3 is 2.67 bits per heavy atom. The predicted molar refractivity (Wildman–Crippen MR) is 75.0 cm³/mol. The number of carbonyl (C=O) groups is 3. The monoisotopic (exact) mass is 292 g/mol. The second kappa shape index (κ2) is 6.41. The van der Waals surface area contributed by atoms with Crippen molar-refractivity contribution in [2.24, 2.45) is 11.8 Å². The Hall–Kier alpha value is -1.65. The van der Waals surface area contributed by atoms with Crippen LogP contribution in [0.5, 0.6) is 0 Å². The van der Waals surface area contributed by atoms with Gasteiger partial charge in [-0.2, -0.15) is 0 Å². The number of amides is 1. The van der Waals surface area contributed by atoms with Gasteiger partial charge in [-0.15, -0.1) is 0 Å². The van der Waals surface area contributed by atoms with E-state index in [-0.39, 0.29) is 29.9 Å². The van der Waals surface area contributed by atoms with Gasteiger partial charge in [0.1, 0.15) is 5.78 Å². The number of aliphatic carboxylic acids is 1. The van der Waals surface area contributed by atoms with Crippen LogP contribution < -0.4 is 10.4 Å². The van der Waals surface area contributed by atoms with E-state index in [0.717, 1.165) is 12.8 Å². The van der Waals surface area contributed by atoms with Crippen LogP contribution in [-0.4, -0.2) is 23.2 Å². The molecular weight excluding hydrogens is 270 g/mol. The fraction of sp³-hybridized carbons (Fsp3) is 0.688. The summed E-state index contributed by atoms with van der Waals surface area (Å²) in [6.45, 7) is 2.03. The standard InChI is InChI=1S/C16H23NO4/c1-2-3-4-5-12-11(6-7-13(12)18)10-14(19)17-16(8-9-16)15(20)21/h3-4,11-12H,2,5-10H2,1H3,(H,17,19)(H,20,21)/p-1/b4-3-/t11-,12-/m1/s1. The van der Waals surface area contributed by atoms with Gasteiger partial charge >= 0.3 is 0 Å². The molecule has 0 saturated heterocycles. The maximum absolute atomic E-state index is 12.0.